The van der Waals surface area contributed by atoms with E-state index in [1.54, 1.807) is 16.4 Å². The molecule has 1 fully saturated rings. The van der Waals surface area contributed by atoms with Crippen molar-refractivity contribution < 1.29 is 17.9 Å². The van der Waals surface area contributed by atoms with Crippen molar-refractivity contribution in [2.75, 3.05) is 13.2 Å². The van der Waals surface area contributed by atoms with Gasteiger partial charge >= 0.3 is 0 Å². The summed E-state index contributed by atoms with van der Waals surface area (Å²) in [7, 11) is -3.58. The van der Waals surface area contributed by atoms with Crippen LogP contribution in [0.5, 0.6) is 5.75 Å². The van der Waals surface area contributed by atoms with Crippen molar-refractivity contribution in [3.8, 4) is 5.75 Å². The number of hydrogen-bond acceptors (Lipinski definition) is 5. The zero-order valence-electron chi connectivity index (χ0n) is 19.2. The van der Waals surface area contributed by atoms with Gasteiger partial charge in [0.25, 0.3) is 5.91 Å². The molecule has 7 nitrogen and oxygen atoms in total. The number of hydrogen-bond donors (Lipinski definition) is 0. The SMILES string of the molecule is CCOc1cccc2sc(=NC(=O)c3ccc(S(=O)(=O)N4CCCCC4C)cc3)n(CC)c12. The van der Waals surface area contributed by atoms with Crippen molar-refractivity contribution in [3.63, 3.8) is 0 Å². The first kappa shape index (κ1) is 23.7. The molecule has 1 aromatic heterocycles. The smallest absolute Gasteiger partial charge is 0.279 e. The number of carbonyl (C=O) groups is 1. The second-order valence-electron chi connectivity index (χ2n) is 8.07. The molecular weight excluding hydrogens is 458 g/mol. The Labute approximate surface area is 198 Å². The molecule has 2 heterocycles. The van der Waals surface area contributed by atoms with Crippen LogP contribution in [-0.2, 0) is 16.6 Å². The predicted octanol–water partition coefficient (Wildman–Crippen LogP) is 4.43. The van der Waals surface area contributed by atoms with Gasteiger partial charge in [0, 0.05) is 24.7 Å². The molecule has 1 atom stereocenters. The molecule has 0 N–H and O–H groups in total. The molecule has 1 amide bonds. The molecule has 9 heteroatoms. The Morgan fingerprint density at radius 2 is 1.91 bits per heavy atom. The maximum Gasteiger partial charge on any atom is 0.279 e. The van der Waals surface area contributed by atoms with Gasteiger partial charge in [0.1, 0.15) is 11.3 Å². The van der Waals surface area contributed by atoms with E-state index in [2.05, 4.69) is 4.99 Å². The molecule has 176 valence electrons. The standard InChI is InChI=1S/C24H29N3O4S2/c1-4-26-22-20(31-5-2)10-8-11-21(22)32-24(26)25-23(28)18-12-14-19(15-13-18)33(29,30)27-16-7-6-9-17(27)3/h8,10-15,17H,4-7,9,16H2,1-3H3. The van der Waals surface area contributed by atoms with Crippen molar-refractivity contribution in [1.82, 2.24) is 8.87 Å². The maximum atomic E-state index is 13.0. The van der Waals surface area contributed by atoms with E-state index in [1.807, 2.05) is 43.5 Å². The first-order valence-electron chi connectivity index (χ1n) is 11.3. The Bertz CT molecular complexity index is 1320. The zero-order chi connectivity index (χ0) is 23.6. The molecule has 1 aliphatic rings. The van der Waals surface area contributed by atoms with Crippen LogP contribution < -0.4 is 9.54 Å². The molecule has 0 bridgehead atoms. The highest BCUT2D eigenvalue weighted by Crippen LogP contribution is 2.28. The van der Waals surface area contributed by atoms with Crippen molar-refractivity contribution in [3.05, 3.63) is 52.8 Å². The van der Waals surface area contributed by atoms with E-state index in [9.17, 15) is 13.2 Å². The van der Waals surface area contributed by atoms with E-state index in [4.69, 9.17) is 4.74 Å². The number of thiazole rings is 1. The largest absolute Gasteiger partial charge is 0.492 e. The molecule has 2 aromatic carbocycles. The minimum Gasteiger partial charge on any atom is -0.492 e. The first-order chi connectivity index (χ1) is 15.9. The van der Waals surface area contributed by atoms with Crippen LogP contribution in [-0.4, -0.2) is 42.4 Å². The van der Waals surface area contributed by atoms with Crippen LogP contribution in [0.15, 0.2) is 52.4 Å². The van der Waals surface area contributed by atoms with Crippen LogP contribution in [0, 0.1) is 0 Å². The third-order valence-corrected chi connectivity index (χ3v) is 9.00. The maximum absolute atomic E-state index is 13.0. The van der Waals surface area contributed by atoms with Crippen molar-refractivity contribution in [1.29, 1.82) is 0 Å². The number of ether oxygens (including phenoxy) is 1. The van der Waals surface area contributed by atoms with E-state index in [-0.39, 0.29) is 10.9 Å². The van der Waals surface area contributed by atoms with Crippen LogP contribution in [0.4, 0.5) is 0 Å². The highest BCUT2D eigenvalue weighted by Gasteiger charge is 2.30. The molecule has 1 aliphatic heterocycles. The number of piperidine rings is 1. The summed E-state index contributed by atoms with van der Waals surface area (Å²) in [5, 5.41) is 0. The van der Waals surface area contributed by atoms with Crippen LogP contribution in [0.3, 0.4) is 0 Å². The Kier molecular flexibility index (Phi) is 7.02. The highest BCUT2D eigenvalue weighted by atomic mass is 32.2. The molecular formula is C24H29N3O4S2. The van der Waals surface area contributed by atoms with Gasteiger partial charge in [-0.1, -0.05) is 23.8 Å². The average Bonchev–Trinajstić information content (AvgIpc) is 3.17. The molecule has 3 aromatic rings. The van der Waals surface area contributed by atoms with Gasteiger partial charge in [0.05, 0.1) is 16.2 Å². The summed E-state index contributed by atoms with van der Waals surface area (Å²) in [5.74, 6) is 0.362. The van der Waals surface area contributed by atoms with Gasteiger partial charge in [0.2, 0.25) is 10.0 Å². The minimum absolute atomic E-state index is 0.0147. The summed E-state index contributed by atoms with van der Waals surface area (Å²) in [6.07, 6.45) is 2.78. The first-order valence-corrected chi connectivity index (χ1v) is 13.6. The second-order valence-corrected chi connectivity index (χ2v) is 11.0. The Hall–Kier alpha value is -2.49. The molecule has 33 heavy (non-hydrogen) atoms. The van der Waals surface area contributed by atoms with E-state index in [0.29, 0.717) is 30.1 Å². The number of nitrogens with zero attached hydrogens (tertiary/aromatic N) is 3. The number of rotatable bonds is 6. The quantitative estimate of drug-likeness (QED) is 0.515. The van der Waals surface area contributed by atoms with Gasteiger partial charge in [0.15, 0.2) is 4.80 Å². The van der Waals surface area contributed by atoms with E-state index < -0.39 is 15.9 Å². The van der Waals surface area contributed by atoms with Gasteiger partial charge in [-0.25, -0.2) is 8.42 Å². The molecule has 1 saturated heterocycles. The number of fused-ring (bicyclic) bond motifs is 1. The van der Waals surface area contributed by atoms with E-state index in [1.165, 1.54) is 23.5 Å². The second kappa shape index (κ2) is 9.79. The fraction of sp³-hybridized carbons (Fsp3) is 0.417. The van der Waals surface area contributed by atoms with Crippen molar-refractivity contribution >= 4 is 37.5 Å². The summed E-state index contributed by atoms with van der Waals surface area (Å²) in [4.78, 5) is 18.1. The summed E-state index contributed by atoms with van der Waals surface area (Å²) < 4.78 is 36.4. The van der Waals surface area contributed by atoms with Gasteiger partial charge in [-0.15, -0.1) is 0 Å². The lowest BCUT2D eigenvalue weighted by molar-refractivity contribution is 0.0997. The topological polar surface area (TPSA) is 81.0 Å². The summed E-state index contributed by atoms with van der Waals surface area (Å²) in [6, 6.07) is 11.9. The fourth-order valence-electron chi connectivity index (χ4n) is 4.23. The number of aryl methyl sites for hydroxylation is 1. The van der Waals surface area contributed by atoms with Gasteiger partial charge < -0.3 is 9.30 Å². The summed E-state index contributed by atoms with van der Waals surface area (Å²) in [6.45, 7) is 7.60. The number of benzene rings is 2. The van der Waals surface area contributed by atoms with Crippen molar-refractivity contribution in [2.45, 2.75) is 57.5 Å². The Morgan fingerprint density at radius 1 is 1.15 bits per heavy atom. The minimum atomic E-state index is -3.58. The molecule has 4 rings (SSSR count). The normalized spacial score (nSPS) is 18.0. The van der Waals surface area contributed by atoms with Crippen molar-refractivity contribution in [2.24, 2.45) is 4.99 Å². The molecule has 0 saturated carbocycles. The lowest BCUT2D eigenvalue weighted by Crippen LogP contribution is -2.41. The number of aromatic nitrogens is 1. The van der Waals surface area contributed by atoms with Crippen LogP contribution in [0.2, 0.25) is 0 Å². The zero-order valence-corrected chi connectivity index (χ0v) is 20.8. The average molecular weight is 488 g/mol. The Balaban J connectivity index is 1.66. The molecule has 0 spiro atoms. The third-order valence-electron chi connectivity index (χ3n) is 5.93. The van der Waals surface area contributed by atoms with E-state index >= 15 is 0 Å². The van der Waals surface area contributed by atoms with Crippen LogP contribution >= 0.6 is 11.3 Å². The van der Waals surface area contributed by atoms with Crippen LogP contribution in [0.1, 0.15) is 50.4 Å². The number of para-hydroxylation sites is 1. The molecule has 1 unspecified atom stereocenters. The fourth-order valence-corrected chi connectivity index (χ4v) is 7.04. The number of carbonyl (C=O) groups excluding carboxylic acids is 1. The molecule has 0 radical (unpaired) electrons. The van der Waals surface area contributed by atoms with Gasteiger partial charge in [-0.05, 0) is 70.0 Å². The third kappa shape index (κ3) is 4.62. The molecule has 0 aliphatic carbocycles. The van der Waals surface area contributed by atoms with Gasteiger partial charge in [-0.2, -0.15) is 9.30 Å². The monoisotopic (exact) mass is 487 g/mol. The van der Waals surface area contributed by atoms with E-state index in [0.717, 1.165) is 35.2 Å². The summed E-state index contributed by atoms with van der Waals surface area (Å²) >= 11 is 1.43. The lowest BCUT2D eigenvalue weighted by Gasteiger charge is -2.32. The lowest BCUT2D eigenvalue weighted by atomic mass is 10.1. The number of amides is 1. The summed E-state index contributed by atoms with van der Waals surface area (Å²) in [5.41, 5.74) is 1.28. The Morgan fingerprint density at radius 3 is 2.58 bits per heavy atom. The highest BCUT2D eigenvalue weighted by molar-refractivity contribution is 7.89. The number of sulfonamides is 1. The van der Waals surface area contributed by atoms with Crippen LogP contribution in [0.25, 0.3) is 10.2 Å². The predicted molar refractivity (Wildman–Crippen MR) is 130 cm³/mol. The van der Waals surface area contributed by atoms with Gasteiger partial charge in [-0.3, -0.25) is 4.79 Å².